The molecule has 1 heterocycles. The van der Waals surface area contributed by atoms with Crippen molar-refractivity contribution in [3.8, 4) is 0 Å². The van der Waals surface area contributed by atoms with Gasteiger partial charge in [0.25, 0.3) is 0 Å². The number of rotatable bonds is 4. The molecule has 104 valence electrons. The molecule has 1 aromatic heterocycles. The molecule has 1 saturated carbocycles. The molecule has 4 nitrogen and oxygen atoms in total. The van der Waals surface area contributed by atoms with Gasteiger partial charge in [-0.2, -0.15) is 4.98 Å². The van der Waals surface area contributed by atoms with Gasteiger partial charge in [0, 0.05) is 22.4 Å². The second-order valence-corrected chi connectivity index (χ2v) is 5.94. The van der Waals surface area contributed by atoms with Crippen molar-refractivity contribution in [2.45, 2.75) is 31.7 Å². The van der Waals surface area contributed by atoms with E-state index < -0.39 is 0 Å². The van der Waals surface area contributed by atoms with Crippen LogP contribution in [0, 0.1) is 0 Å². The van der Waals surface area contributed by atoms with Crippen LogP contribution in [0.3, 0.4) is 0 Å². The van der Waals surface area contributed by atoms with E-state index in [0.29, 0.717) is 12.0 Å². The van der Waals surface area contributed by atoms with Crippen molar-refractivity contribution in [1.82, 2.24) is 9.97 Å². The highest BCUT2D eigenvalue weighted by molar-refractivity contribution is 9.10. The molecule has 0 spiro atoms. The predicted molar refractivity (Wildman–Crippen MR) is 85.3 cm³/mol. The first-order valence-corrected chi connectivity index (χ1v) is 7.71. The van der Waals surface area contributed by atoms with Crippen molar-refractivity contribution in [3.63, 3.8) is 0 Å². The minimum absolute atomic E-state index is 0.561. The fourth-order valence-corrected chi connectivity index (χ4v) is 2.71. The summed E-state index contributed by atoms with van der Waals surface area (Å²) in [6.45, 7) is 0. The van der Waals surface area contributed by atoms with Gasteiger partial charge in [0.05, 0.1) is 0 Å². The monoisotopic (exact) mass is 332 g/mol. The van der Waals surface area contributed by atoms with E-state index in [4.69, 9.17) is 0 Å². The van der Waals surface area contributed by atoms with Crippen LogP contribution in [0.1, 0.15) is 25.7 Å². The van der Waals surface area contributed by atoms with Gasteiger partial charge in [-0.25, -0.2) is 4.98 Å². The van der Waals surface area contributed by atoms with Crippen LogP contribution in [0.2, 0.25) is 0 Å². The summed E-state index contributed by atoms with van der Waals surface area (Å²) in [5, 5.41) is 6.69. The highest BCUT2D eigenvalue weighted by Crippen LogP contribution is 2.22. The number of halogens is 1. The molecule has 20 heavy (non-hydrogen) atoms. The van der Waals surface area contributed by atoms with Gasteiger partial charge in [-0.05, 0) is 43.2 Å². The summed E-state index contributed by atoms with van der Waals surface area (Å²) in [7, 11) is 0. The fourth-order valence-electron chi connectivity index (χ4n) is 2.44. The summed E-state index contributed by atoms with van der Waals surface area (Å²) in [5.41, 5.74) is 0.978. The van der Waals surface area contributed by atoms with E-state index in [1.165, 1.54) is 25.7 Å². The van der Waals surface area contributed by atoms with Gasteiger partial charge in [0.15, 0.2) is 0 Å². The Balaban J connectivity index is 1.68. The van der Waals surface area contributed by atoms with Crippen molar-refractivity contribution in [1.29, 1.82) is 0 Å². The largest absolute Gasteiger partial charge is 0.367 e. The third-order valence-corrected chi connectivity index (χ3v) is 3.99. The fraction of sp³-hybridized carbons (Fsp3) is 0.333. The van der Waals surface area contributed by atoms with Crippen LogP contribution in [-0.4, -0.2) is 16.0 Å². The van der Waals surface area contributed by atoms with Gasteiger partial charge in [-0.1, -0.05) is 28.8 Å². The molecule has 2 N–H and O–H groups in total. The van der Waals surface area contributed by atoms with E-state index in [9.17, 15) is 0 Å². The number of benzene rings is 1. The summed E-state index contributed by atoms with van der Waals surface area (Å²) in [6, 6.07) is 10.4. The van der Waals surface area contributed by atoms with Gasteiger partial charge in [0.1, 0.15) is 5.82 Å². The van der Waals surface area contributed by atoms with E-state index in [1.54, 1.807) is 6.20 Å². The zero-order valence-corrected chi connectivity index (χ0v) is 12.7. The van der Waals surface area contributed by atoms with Crippen LogP contribution in [0.25, 0.3) is 0 Å². The Morgan fingerprint density at radius 2 is 1.80 bits per heavy atom. The Labute approximate surface area is 127 Å². The maximum absolute atomic E-state index is 4.51. The smallest absolute Gasteiger partial charge is 0.229 e. The SMILES string of the molecule is Brc1ccc(Nc2nccc(NC3CCCC3)n2)cc1. The molecule has 1 aliphatic carbocycles. The summed E-state index contributed by atoms with van der Waals surface area (Å²) >= 11 is 3.42. The van der Waals surface area contributed by atoms with E-state index in [1.807, 2.05) is 30.3 Å². The van der Waals surface area contributed by atoms with Crippen LogP contribution in [-0.2, 0) is 0 Å². The Kier molecular flexibility index (Phi) is 4.16. The maximum Gasteiger partial charge on any atom is 0.229 e. The number of hydrogen-bond donors (Lipinski definition) is 2. The molecule has 3 rings (SSSR count). The minimum Gasteiger partial charge on any atom is -0.367 e. The molecule has 0 atom stereocenters. The first-order valence-electron chi connectivity index (χ1n) is 6.92. The van der Waals surface area contributed by atoms with E-state index in [-0.39, 0.29) is 0 Å². The number of nitrogens with one attached hydrogen (secondary N) is 2. The third-order valence-electron chi connectivity index (χ3n) is 3.46. The van der Waals surface area contributed by atoms with Crippen molar-refractivity contribution < 1.29 is 0 Å². The second kappa shape index (κ2) is 6.22. The van der Waals surface area contributed by atoms with Crippen molar-refractivity contribution in [3.05, 3.63) is 41.0 Å². The van der Waals surface area contributed by atoms with Crippen LogP contribution in [0.5, 0.6) is 0 Å². The lowest BCUT2D eigenvalue weighted by Crippen LogP contribution is -2.15. The highest BCUT2D eigenvalue weighted by atomic mass is 79.9. The molecule has 0 saturated heterocycles. The second-order valence-electron chi connectivity index (χ2n) is 5.02. The molecule has 1 aliphatic rings. The zero-order chi connectivity index (χ0) is 13.8. The highest BCUT2D eigenvalue weighted by Gasteiger charge is 2.15. The molecule has 0 aliphatic heterocycles. The Bertz CT molecular complexity index is 564. The van der Waals surface area contributed by atoms with Crippen molar-refractivity contribution in [2.24, 2.45) is 0 Å². The van der Waals surface area contributed by atoms with E-state index in [0.717, 1.165) is 16.0 Å². The lowest BCUT2D eigenvalue weighted by atomic mass is 10.2. The van der Waals surface area contributed by atoms with Crippen molar-refractivity contribution in [2.75, 3.05) is 10.6 Å². The standard InChI is InChI=1S/C15H17BrN4/c16-11-5-7-13(8-6-11)19-15-17-10-9-14(20-15)18-12-3-1-2-4-12/h5-10,12H,1-4H2,(H2,17,18,19,20). The average molecular weight is 333 g/mol. The van der Waals surface area contributed by atoms with E-state index in [2.05, 4.69) is 36.5 Å². The number of nitrogens with zero attached hydrogens (tertiary/aromatic N) is 2. The van der Waals surface area contributed by atoms with Gasteiger partial charge in [-0.3, -0.25) is 0 Å². The lowest BCUT2D eigenvalue weighted by molar-refractivity contribution is 0.750. The minimum atomic E-state index is 0.561. The van der Waals surface area contributed by atoms with Crippen molar-refractivity contribution >= 4 is 33.4 Å². The summed E-state index contributed by atoms with van der Waals surface area (Å²) in [4.78, 5) is 8.77. The zero-order valence-electron chi connectivity index (χ0n) is 11.1. The topological polar surface area (TPSA) is 49.8 Å². The summed E-state index contributed by atoms with van der Waals surface area (Å²) in [6.07, 6.45) is 6.88. The van der Waals surface area contributed by atoms with Gasteiger partial charge >= 0.3 is 0 Å². The van der Waals surface area contributed by atoms with Crippen LogP contribution in [0.4, 0.5) is 17.5 Å². The maximum atomic E-state index is 4.51. The molecule has 1 aromatic carbocycles. The molecule has 2 aromatic rings. The Morgan fingerprint density at radius 3 is 2.55 bits per heavy atom. The van der Waals surface area contributed by atoms with Crippen LogP contribution >= 0.6 is 15.9 Å². The summed E-state index contributed by atoms with van der Waals surface area (Å²) in [5.74, 6) is 1.52. The average Bonchev–Trinajstić information content (AvgIpc) is 2.95. The molecule has 0 bridgehead atoms. The first-order chi connectivity index (χ1) is 9.79. The molecule has 5 heteroatoms. The van der Waals surface area contributed by atoms with Crippen LogP contribution < -0.4 is 10.6 Å². The molecule has 1 fully saturated rings. The number of anilines is 3. The first kappa shape index (κ1) is 13.4. The Morgan fingerprint density at radius 1 is 1.05 bits per heavy atom. The van der Waals surface area contributed by atoms with E-state index >= 15 is 0 Å². The predicted octanol–water partition coefficient (Wildman–Crippen LogP) is 4.34. The van der Waals surface area contributed by atoms with Crippen LogP contribution in [0.15, 0.2) is 41.0 Å². The summed E-state index contributed by atoms with van der Waals surface area (Å²) < 4.78 is 1.06. The third kappa shape index (κ3) is 3.48. The lowest BCUT2D eigenvalue weighted by Gasteiger charge is -2.13. The quantitative estimate of drug-likeness (QED) is 0.874. The molecular weight excluding hydrogens is 316 g/mol. The number of hydrogen-bond acceptors (Lipinski definition) is 4. The molecule has 0 unspecified atom stereocenters. The number of aromatic nitrogens is 2. The van der Waals surface area contributed by atoms with Gasteiger partial charge < -0.3 is 10.6 Å². The Hall–Kier alpha value is -1.62. The molecule has 0 radical (unpaired) electrons. The molecular formula is C15H17BrN4. The molecule has 0 amide bonds. The van der Waals surface area contributed by atoms with Gasteiger partial charge in [0.2, 0.25) is 5.95 Å². The normalized spacial score (nSPS) is 15.2. The van der Waals surface area contributed by atoms with Gasteiger partial charge in [-0.15, -0.1) is 0 Å².